The molecule has 0 aliphatic heterocycles. The summed E-state index contributed by atoms with van der Waals surface area (Å²) in [4.78, 5) is 27.6. The van der Waals surface area contributed by atoms with E-state index in [-0.39, 0.29) is 24.2 Å². The maximum atomic E-state index is 13.4. The molecule has 0 radical (unpaired) electrons. The summed E-state index contributed by atoms with van der Waals surface area (Å²) in [5, 5.41) is 3.71. The van der Waals surface area contributed by atoms with Gasteiger partial charge in [0.25, 0.3) is 0 Å². The summed E-state index contributed by atoms with van der Waals surface area (Å²) in [6.45, 7) is 5.03. The zero-order valence-corrected chi connectivity index (χ0v) is 21.4. The van der Waals surface area contributed by atoms with E-state index in [4.69, 9.17) is 23.2 Å². The average Bonchev–Trinajstić information content (AvgIpc) is 2.74. The Morgan fingerprint density at radius 2 is 1.64 bits per heavy atom. The molecule has 0 fully saturated rings. The Bertz CT molecular complexity index is 1090. The van der Waals surface area contributed by atoms with Crippen molar-refractivity contribution in [3.8, 4) is 0 Å². The van der Waals surface area contributed by atoms with Gasteiger partial charge in [0.1, 0.15) is 12.6 Å². The number of nitrogens with zero attached hydrogens (tertiary/aromatic N) is 2. The first-order valence-corrected chi connectivity index (χ1v) is 13.1. The third-order valence-electron chi connectivity index (χ3n) is 5.19. The predicted molar refractivity (Wildman–Crippen MR) is 133 cm³/mol. The van der Waals surface area contributed by atoms with Crippen LogP contribution in [0, 0.1) is 0 Å². The third-order valence-corrected chi connectivity index (χ3v) is 6.80. The molecule has 1 N–H and O–H groups in total. The van der Waals surface area contributed by atoms with E-state index in [1.165, 1.54) is 11.0 Å². The summed E-state index contributed by atoms with van der Waals surface area (Å²) in [6.07, 6.45) is 1.75. The monoisotopic (exact) mass is 513 g/mol. The lowest BCUT2D eigenvalue weighted by Crippen LogP contribution is -2.52. The molecule has 0 aliphatic rings. The smallest absolute Gasteiger partial charge is 0.244 e. The van der Waals surface area contributed by atoms with Crippen molar-refractivity contribution in [3.63, 3.8) is 0 Å². The molecule has 2 aromatic carbocycles. The Morgan fingerprint density at radius 1 is 1.03 bits per heavy atom. The zero-order valence-electron chi connectivity index (χ0n) is 19.1. The fourth-order valence-corrected chi connectivity index (χ4v) is 4.36. The number of hydrogen-bond donors (Lipinski definition) is 1. The molecule has 2 aromatic rings. The van der Waals surface area contributed by atoms with Crippen LogP contribution in [0.15, 0.2) is 48.5 Å². The van der Waals surface area contributed by atoms with Crippen LogP contribution in [0.1, 0.15) is 32.8 Å². The summed E-state index contributed by atoms with van der Waals surface area (Å²) in [5.74, 6) is -0.861. The molecule has 10 heteroatoms. The fourth-order valence-electron chi connectivity index (χ4n) is 3.13. The highest BCUT2D eigenvalue weighted by Gasteiger charge is 2.30. The topological polar surface area (TPSA) is 86.8 Å². The Balaban J connectivity index is 2.38. The molecule has 2 rings (SSSR count). The van der Waals surface area contributed by atoms with E-state index in [0.717, 1.165) is 17.0 Å². The second kappa shape index (κ2) is 11.7. The van der Waals surface area contributed by atoms with Crippen LogP contribution in [-0.4, -0.2) is 50.0 Å². The number of anilines is 1. The van der Waals surface area contributed by atoms with Crippen LogP contribution in [-0.2, 0) is 26.2 Å². The number of carbonyl (C=O) groups is 2. The van der Waals surface area contributed by atoms with Gasteiger partial charge in [-0.2, -0.15) is 0 Å². The molecule has 0 unspecified atom stereocenters. The van der Waals surface area contributed by atoms with Crippen molar-refractivity contribution in [2.45, 2.75) is 45.8 Å². The first-order chi connectivity index (χ1) is 15.4. The van der Waals surface area contributed by atoms with Gasteiger partial charge in [-0.3, -0.25) is 13.9 Å². The molecule has 180 valence electrons. The summed E-state index contributed by atoms with van der Waals surface area (Å²) >= 11 is 12.1. The van der Waals surface area contributed by atoms with E-state index in [1.807, 2.05) is 13.8 Å². The Kier molecular flexibility index (Phi) is 9.57. The van der Waals surface area contributed by atoms with Gasteiger partial charge in [0.15, 0.2) is 0 Å². The highest BCUT2D eigenvalue weighted by Crippen LogP contribution is 2.23. The number of nitrogens with one attached hydrogen (secondary N) is 1. The van der Waals surface area contributed by atoms with Gasteiger partial charge in [-0.05, 0) is 56.2 Å². The number of halogens is 2. The lowest BCUT2D eigenvalue weighted by atomic mass is 10.1. The minimum Gasteiger partial charge on any atom is -0.352 e. The Morgan fingerprint density at radius 3 is 2.18 bits per heavy atom. The van der Waals surface area contributed by atoms with Crippen LogP contribution in [0.4, 0.5) is 5.69 Å². The van der Waals surface area contributed by atoms with Crippen molar-refractivity contribution in [3.05, 3.63) is 64.1 Å². The molecule has 0 saturated heterocycles. The van der Waals surface area contributed by atoms with Crippen LogP contribution in [0.2, 0.25) is 10.0 Å². The fraction of sp³-hybridized carbons (Fsp3) is 0.391. The zero-order chi connectivity index (χ0) is 24.8. The number of sulfonamides is 1. The first kappa shape index (κ1) is 27.0. The summed E-state index contributed by atoms with van der Waals surface area (Å²) in [7, 11) is -3.81. The first-order valence-electron chi connectivity index (χ1n) is 10.5. The highest BCUT2D eigenvalue weighted by molar-refractivity contribution is 7.92. The van der Waals surface area contributed by atoms with Crippen molar-refractivity contribution >= 4 is 50.7 Å². The van der Waals surface area contributed by atoms with Crippen LogP contribution in [0.3, 0.4) is 0 Å². The van der Waals surface area contributed by atoms with Crippen LogP contribution >= 0.6 is 23.2 Å². The van der Waals surface area contributed by atoms with Crippen molar-refractivity contribution in [1.82, 2.24) is 10.2 Å². The van der Waals surface area contributed by atoms with E-state index >= 15 is 0 Å². The number of benzene rings is 2. The molecule has 0 aromatic heterocycles. The lowest BCUT2D eigenvalue weighted by molar-refractivity contribution is -0.139. The SMILES string of the molecule is CC[C@H](C)NC(=O)[C@H](C)N(Cc1cccc(Cl)c1)C(=O)CN(c1cccc(Cl)c1)S(C)(=O)=O. The maximum Gasteiger partial charge on any atom is 0.244 e. The van der Waals surface area contributed by atoms with Crippen molar-refractivity contribution in [2.75, 3.05) is 17.1 Å². The molecular weight excluding hydrogens is 485 g/mol. The van der Waals surface area contributed by atoms with E-state index in [1.54, 1.807) is 49.4 Å². The molecule has 0 aliphatic carbocycles. The Hall–Kier alpha value is -2.29. The van der Waals surface area contributed by atoms with Gasteiger partial charge >= 0.3 is 0 Å². The molecule has 0 heterocycles. The summed E-state index contributed by atoms with van der Waals surface area (Å²) < 4.78 is 26.0. The number of amides is 2. The quantitative estimate of drug-likeness (QED) is 0.518. The van der Waals surface area contributed by atoms with Gasteiger partial charge in [-0.15, -0.1) is 0 Å². The number of hydrogen-bond acceptors (Lipinski definition) is 4. The van der Waals surface area contributed by atoms with Crippen LogP contribution in [0.25, 0.3) is 0 Å². The normalized spacial score (nSPS) is 13.2. The Labute approximate surface area is 205 Å². The van der Waals surface area contributed by atoms with E-state index in [0.29, 0.717) is 15.6 Å². The molecule has 2 amide bonds. The van der Waals surface area contributed by atoms with Gasteiger partial charge < -0.3 is 10.2 Å². The number of carbonyl (C=O) groups excluding carboxylic acids is 2. The second-order valence-electron chi connectivity index (χ2n) is 7.89. The maximum absolute atomic E-state index is 13.4. The van der Waals surface area contributed by atoms with Gasteiger partial charge in [-0.1, -0.05) is 48.3 Å². The van der Waals surface area contributed by atoms with Crippen molar-refractivity contribution in [1.29, 1.82) is 0 Å². The average molecular weight is 514 g/mol. The predicted octanol–water partition coefficient (Wildman–Crippen LogP) is 4.09. The van der Waals surface area contributed by atoms with Crippen LogP contribution < -0.4 is 9.62 Å². The van der Waals surface area contributed by atoms with E-state index in [2.05, 4.69) is 5.32 Å². The largest absolute Gasteiger partial charge is 0.352 e. The molecule has 2 atom stereocenters. The minimum atomic E-state index is -3.81. The van der Waals surface area contributed by atoms with Crippen molar-refractivity contribution < 1.29 is 18.0 Å². The molecular formula is C23H29Cl2N3O4S. The van der Waals surface area contributed by atoms with Crippen molar-refractivity contribution in [2.24, 2.45) is 0 Å². The molecule has 0 spiro atoms. The van der Waals surface area contributed by atoms with Gasteiger partial charge in [0.05, 0.1) is 11.9 Å². The third kappa shape index (κ3) is 7.91. The molecule has 33 heavy (non-hydrogen) atoms. The van der Waals surface area contributed by atoms with Crippen LogP contribution in [0.5, 0.6) is 0 Å². The molecule has 0 bridgehead atoms. The van der Waals surface area contributed by atoms with E-state index in [9.17, 15) is 18.0 Å². The highest BCUT2D eigenvalue weighted by atomic mass is 35.5. The summed E-state index contributed by atoms with van der Waals surface area (Å²) in [5.41, 5.74) is 0.977. The standard InChI is InChI=1S/C23H29Cl2N3O4S/c1-5-16(2)26-23(30)17(3)27(14-18-8-6-9-19(24)12-18)22(29)15-28(33(4,31)32)21-11-7-10-20(25)13-21/h6-13,16-17H,5,14-15H2,1-4H3,(H,26,30)/t16-,17-/m0/s1. The van der Waals surface area contributed by atoms with Gasteiger partial charge in [0, 0.05) is 22.6 Å². The van der Waals surface area contributed by atoms with Gasteiger partial charge in [-0.25, -0.2) is 8.42 Å². The number of rotatable bonds is 10. The van der Waals surface area contributed by atoms with E-state index < -0.39 is 28.5 Å². The summed E-state index contributed by atoms with van der Waals surface area (Å²) in [6, 6.07) is 12.3. The minimum absolute atomic E-state index is 0.0675. The molecule has 0 saturated carbocycles. The molecule has 7 nitrogen and oxygen atoms in total. The second-order valence-corrected chi connectivity index (χ2v) is 10.7. The van der Waals surface area contributed by atoms with Gasteiger partial charge in [0.2, 0.25) is 21.8 Å². The lowest BCUT2D eigenvalue weighted by Gasteiger charge is -2.32.